The lowest BCUT2D eigenvalue weighted by molar-refractivity contribution is 0.0222. The number of anilines is 2. The van der Waals surface area contributed by atoms with Crippen molar-refractivity contribution >= 4 is 17.7 Å². The zero-order valence-electron chi connectivity index (χ0n) is 22.6. The van der Waals surface area contributed by atoms with Gasteiger partial charge in [-0.2, -0.15) is 0 Å². The molecule has 1 N–H and O–H groups in total. The molecule has 8 heteroatoms. The van der Waals surface area contributed by atoms with Gasteiger partial charge < -0.3 is 19.5 Å². The smallest absolute Gasteiger partial charge is 0.410 e. The fraction of sp³-hybridized carbons (Fsp3) is 0.333. The molecule has 3 heterocycles. The Labute approximate surface area is 223 Å². The molecule has 0 spiro atoms. The van der Waals surface area contributed by atoms with Crippen LogP contribution in [-0.4, -0.2) is 42.7 Å². The summed E-state index contributed by atoms with van der Waals surface area (Å²) in [5.41, 5.74) is 5.43. The van der Waals surface area contributed by atoms with E-state index in [1.54, 1.807) is 11.1 Å². The molecule has 0 saturated carbocycles. The number of nitrogens with zero attached hydrogens (tertiary/aromatic N) is 5. The van der Waals surface area contributed by atoms with Crippen molar-refractivity contribution in [1.82, 2.24) is 24.4 Å². The maximum Gasteiger partial charge on any atom is 0.410 e. The first-order valence-electron chi connectivity index (χ1n) is 13.0. The molecule has 38 heavy (non-hydrogen) atoms. The predicted molar refractivity (Wildman–Crippen MR) is 148 cm³/mol. The second-order valence-electron chi connectivity index (χ2n) is 10.7. The lowest BCUT2D eigenvalue weighted by Gasteiger charge is -2.32. The molecule has 1 aliphatic rings. The Hall–Kier alpha value is -4.20. The lowest BCUT2D eigenvalue weighted by atomic mass is 9.91. The number of imidazole rings is 1. The van der Waals surface area contributed by atoms with E-state index in [4.69, 9.17) is 14.7 Å². The van der Waals surface area contributed by atoms with Crippen molar-refractivity contribution in [1.29, 1.82) is 0 Å². The van der Waals surface area contributed by atoms with Crippen molar-refractivity contribution in [3.05, 3.63) is 95.3 Å². The zero-order chi connectivity index (χ0) is 26.9. The third kappa shape index (κ3) is 5.54. The molecule has 2 aromatic heterocycles. The number of carbonyl (C=O) groups excluding carboxylic acids is 1. The van der Waals surface area contributed by atoms with E-state index in [2.05, 4.69) is 29.4 Å². The third-order valence-corrected chi connectivity index (χ3v) is 6.68. The van der Waals surface area contributed by atoms with Crippen molar-refractivity contribution < 1.29 is 9.53 Å². The minimum absolute atomic E-state index is 0.0266. The molecule has 1 amide bonds. The van der Waals surface area contributed by atoms with E-state index in [0.717, 1.165) is 39.7 Å². The van der Waals surface area contributed by atoms with Crippen LogP contribution < -0.4 is 5.32 Å². The van der Waals surface area contributed by atoms with Crippen LogP contribution in [0.4, 0.5) is 16.4 Å². The number of ether oxygens (including phenoxy) is 1. The molecule has 1 atom stereocenters. The van der Waals surface area contributed by atoms with E-state index < -0.39 is 5.60 Å². The van der Waals surface area contributed by atoms with Gasteiger partial charge in [-0.25, -0.2) is 19.7 Å². The molecule has 0 radical (unpaired) electrons. The Kier molecular flexibility index (Phi) is 6.89. The Morgan fingerprint density at radius 3 is 2.45 bits per heavy atom. The maximum atomic E-state index is 12.9. The van der Waals surface area contributed by atoms with Crippen molar-refractivity contribution in [2.24, 2.45) is 0 Å². The van der Waals surface area contributed by atoms with Gasteiger partial charge in [-0.3, -0.25) is 0 Å². The Balaban J connectivity index is 1.46. The van der Waals surface area contributed by atoms with Crippen molar-refractivity contribution in [2.75, 3.05) is 11.9 Å². The van der Waals surface area contributed by atoms with Gasteiger partial charge >= 0.3 is 6.09 Å². The van der Waals surface area contributed by atoms with Crippen molar-refractivity contribution in [2.45, 2.75) is 59.1 Å². The fourth-order valence-electron chi connectivity index (χ4n) is 4.72. The normalized spacial score (nSPS) is 14.1. The summed E-state index contributed by atoms with van der Waals surface area (Å²) >= 11 is 0. The van der Waals surface area contributed by atoms with Crippen molar-refractivity contribution in [3.63, 3.8) is 0 Å². The van der Waals surface area contributed by atoms with Gasteiger partial charge in [0.05, 0.1) is 17.9 Å². The average Bonchev–Trinajstić information content (AvgIpc) is 3.33. The number of amides is 1. The summed E-state index contributed by atoms with van der Waals surface area (Å²) in [4.78, 5) is 28.8. The molecule has 0 fully saturated rings. The zero-order valence-corrected chi connectivity index (χ0v) is 22.6. The number of benzene rings is 2. The van der Waals surface area contributed by atoms with E-state index in [1.807, 2.05) is 80.9 Å². The molecule has 0 saturated heterocycles. The fourth-order valence-corrected chi connectivity index (χ4v) is 4.72. The Bertz CT molecular complexity index is 1420. The summed E-state index contributed by atoms with van der Waals surface area (Å²) in [6, 6.07) is 18.4. The van der Waals surface area contributed by atoms with Crippen molar-refractivity contribution in [3.8, 4) is 5.69 Å². The summed E-state index contributed by atoms with van der Waals surface area (Å²) in [6.07, 6.45) is 4.07. The van der Waals surface area contributed by atoms with Crippen LogP contribution in [0.15, 0.2) is 67.0 Å². The van der Waals surface area contributed by atoms with Crippen LogP contribution in [0, 0.1) is 6.92 Å². The van der Waals surface area contributed by atoms with E-state index in [9.17, 15) is 4.79 Å². The molecular weight excluding hydrogens is 476 g/mol. The molecule has 0 aliphatic carbocycles. The number of rotatable bonds is 5. The highest BCUT2D eigenvalue weighted by Crippen LogP contribution is 2.32. The number of aryl methyl sites for hydroxylation is 1. The highest BCUT2D eigenvalue weighted by atomic mass is 16.6. The average molecular weight is 511 g/mol. The number of nitrogens with one attached hydrogen (secondary N) is 1. The number of hydrogen-bond donors (Lipinski definition) is 1. The summed E-state index contributed by atoms with van der Waals surface area (Å²) in [6.45, 7) is 10.8. The first-order valence-corrected chi connectivity index (χ1v) is 13.0. The quantitative estimate of drug-likeness (QED) is 0.346. The summed E-state index contributed by atoms with van der Waals surface area (Å²) in [7, 11) is 0. The molecule has 196 valence electrons. The van der Waals surface area contributed by atoms with Gasteiger partial charge in [0.1, 0.15) is 11.4 Å². The van der Waals surface area contributed by atoms with Crippen LogP contribution in [-0.2, 0) is 17.7 Å². The Morgan fingerprint density at radius 1 is 1.05 bits per heavy atom. The summed E-state index contributed by atoms with van der Waals surface area (Å²) in [5, 5.41) is 3.40. The van der Waals surface area contributed by atoms with Gasteiger partial charge in [-0.05, 0) is 57.5 Å². The van der Waals surface area contributed by atoms with Gasteiger partial charge in [-0.1, -0.05) is 37.3 Å². The topological polar surface area (TPSA) is 85.2 Å². The standard InChI is InChI=1S/C30H34N6O2/c1-20(22-9-7-6-8-10-22)27-25-19-35(29(37)38-30(3,4)5)17-15-26(25)33-28(34-27)32-23-11-13-24(14-12-23)36-18-16-31-21(36)2/h6-14,16,18,20H,15,17,19H2,1-5H3,(H,32,33,34). The minimum atomic E-state index is -0.548. The number of fused-ring (bicyclic) bond motifs is 1. The lowest BCUT2D eigenvalue weighted by Crippen LogP contribution is -2.40. The van der Waals surface area contributed by atoms with Crippen LogP contribution in [0.1, 0.15) is 62.0 Å². The second-order valence-corrected chi connectivity index (χ2v) is 10.7. The van der Waals surface area contributed by atoms with E-state index in [0.29, 0.717) is 25.5 Å². The van der Waals surface area contributed by atoms with Crippen LogP contribution in [0.3, 0.4) is 0 Å². The van der Waals surface area contributed by atoms with Crippen LogP contribution in [0.25, 0.3) is 5.69 Å². The number of hydrogen-bond acceptors (Lipinski definition) is 6. The third-order valence-electron chi connectivity index (χ3n) is 6.68. The van der Waals surface area contributed by atoms with Gasteiger partial charge in [0.15, 0.2) is 0 Å². The van der Waals surface area contributed by atoms with Gasteiger partial charge in [0.2, 0.25) is 5.95 Å². The largest absolute Gasteiger partial charge is 0.444 e. The highest BCUT2D eigenvalue weighted by molar-refractivity contribution is 5.69. The highest BCUT2D eigenvalue weighted by Gasteiger charge is 2.30. The van der Waals surface area contributed by atoms with Crippen LogP contribution in [0.2, 0.25) is 0 Å². The first kappa shape index (κ1) is 25.4. The molecule has 8 nitrogen and oxygen atoms in total. The predicted octanol–water partition coefficient (Wildman–Crippen LogP) is 6.16. The van der Waals surface area contributed by atoms with Gasteiger partial charge in [0, 0.05) is 48.2 Å². The first-order chi connectivity index (χ1) is 18.2. The maximum absolute atomic E-state index is 12.9. The van der Waals surface area contributed by atoms with Crippen LogP contribution >= 0.6 is 0 Å². The number of carbonyl (C=O) groups is 1. The molecule has 0 bridgehead atoms. The van der Waals surface area contributed by atoms with E-state index in [-0.39, 0.29) is 12.0 Å². The monoisotopic (exact) mass is 510 g/mol. The molecule has 5 rings (SSSR count). The molecule has 1 aliphatic heterocycles. The Morgan fingerprint density at radius 2 is 1.79 bits per heavy atom. The van der Waals surface area contributed by atoms with Gasteiger partial charge in [0.25, 0.3) is 0 Å². The van der Waals surface area contributed by atoms with Crippen LogP contribution in [0.5, 0.6) is 0 Å². The SMILES string of the molecule is Cc1nccn1-c1ccc(Nc2nc3c(c(C(C)c4ccccc4)n2)CN(C(=O)OC(C)(C)C)CC3)cc1. The molecule has 4 aromatic rings. The van der Waals surface area contributed by atoms with Gasteiger partial charge in [-0.15, -0.1) is 0 Å². The minimum Gasteiger partial charge on any atom is -0.444 e. The molecule has 2 aromatic carbocycles. The second kappa shape index (κ2) is 10.3. The number of aromatic nitrogens is 4. The van der Waals surface area contributed by atoms with E-state index in [1.165, 1.54) is 0 Å². The molecule has 1 unspecified atom stereocenters. The summed E-state index contributed by atoms with van der Waals surface area (Å²) in [5.74, 6) is 1.51. The molecular formula is C30H34N6O2. The van der Waals surface area contributed by atoms with E-state index >= 15 is 0 Å². The summed E-state index contributed by atoms with van der Waals surface area (Å²) < 4.78 is 7.69.